The van der Waals surface area contributed by atoms with Crippen LogP contribution in [-0.2, 0) is 4.84 Å². The van der Waals surface area contributed by atoms with Gasteiger partial charge in [0.15, 0.2) is 0 Å². The summed E-state index contributed by atoms with van der Waals surface area (Å²) >= 11 is 0. The molecule has 0 saturated carbocycles. The highest BCUT2D eigenvalue weighted by Crippen LogP contribution is 2.18. The summed E-state index contributed by atoms with van der Waals surface area (Å²) in [6, 6.07) is 5.94. The lowest BCUT2D eigenvalue weighted by molar-refractivity contribution is 0.0712. The Morgan fingerprint density at radius 1 is 1.31 bits per heavy atom. The van der Waals surface area contributed by atoms with Crippen LogP contribution >= 0.6 is 0 Å². The molecular weight excluding hydrogens is 212 g/mol. The molecule has 0 aliphatic carbocycles. The molecule has 0 heterocycles. The third kappa shape index (κ3) is 3.96. The van der Waals surface area contributed by atoms with E-state index in [2.05, 4.69) is 5.16 Å². The molecule has 0 fully saturated rings. The van der Waals surface area contributed by atoms with Crippen LogP contribution in [0.25, 0.3) is 0 Å². The fraction of sp³-hybridized carbons (Fsp3) is 0.417. The Morgan fingerprint density at radius 2 is 1.94 bits per heavy atom. The number of hydrogen-bond donors (Lipinski definition) is 0. The highest BCUT2D eigenvalue weighted by Gasteiger charge is 2.04. The number of alkyl halides is 2. The normalized spacial score (nSPS) is 13.3. The van der Waals surface area contributed by atoms with Crippen molar-refractivity contribution in [2.24, 2.45) is 5.16 Å². The zero-order chi connectivity index (χ0) is 12.0. The van der Waals surface area contributed by atoms with Crippen molar-refractivity contribution >= 4 is 6.21 Å². The maximum Gasteiger partial charge on any atom is 0.263 e. The minimum absolute atomic E-state index is 0.0139. The van der Waals surface area contributed by atoms with Gasteiger partial charge in [-0.3, -0.25) is 0 Å². The van der Waals surface area contributed by atoms with Gasteiger partial charge in [0.05, 0.1) is 6.21 Å². The van der Waals surface area contributed by atoms with Crippen LogP contribution in [-0.4, -0.2) is 12.3 Å². The van der Waals surface area contributed by atoms with Gasteiger partial charge >= 0.3 is 0 Å². The lowest BCUT2D eigenvalue weighted by atomic mass is 10.1. The first kappa shape index (κ1) is 12.6. The Morgan fingerprint density at radius 3 is 2.44 bits per heavy atom. The average molecular weight is 227 g/mol. The summed E-state index contributed by atoms with van der Waals surface area (Å²) in [4.78, 5) is 5.09. The summed E-state index contributed by atoms with van der Waals surface area (Å²) in [6.07, 6.45) is 0.0298. The Labute approximate surface area is 93.9 Å². The molecule has 88 valence electrons. The topological polar surface area (TPSA) is 21.6 Å². The van der Waals surface area contributed by atoms with Gasteiger partial charge in [-0.1, -0.05) is 36.3 Å². The van der Waals surface area contributed by atoms with E-state index in [4.69, 9.17) is 4.84 Å². The number of hydrogen-bond acceptors (Lipinski definition) is 2. The van der Waals surface area contributed by atoms with Crippen LogP contribution in [0, 0.1) is 0 Å². The molecule has 1 unspecified atom stereocenters. The molecule has 0 amide bonds. The van der Waals surface area contributed by atoms with Crippen LogP contribution in [0.2, 0.25) is 0 Å². The smallest absolute Gasteiger partial charge is 0.263 e. The molecule has 2 nitrogen and oxygen atoms in total. The summed E-state index contributed by atoms with van der Waals surface area (Å²) in [5.41, 5.74) is 0.757. The van der Waals surface area contributed by atoms with Gasteiger partial charge in [0.1, 0.15) is 6.10 Å². The second-order valence-electron chi connectivity index (χ2n) is 3.53. The van der Waals surface area contributed by atoms with Crippen LogP contribution in [0.5, 0.6) is 0 Å². The van der Waals surface area contributed by atoms with E-state index in [1.807, 2.05) is 13.8 Å². The monoisotopic (exact) mass is 227 g/mol. The van der Waals surface area contributed by atoms with E-state index < -0.39 is 6.43 Å². The number of halogens is 2. The summed E-state index contributed by atoms with van der Waals surface area (Å²) in [6.45, 7) is 3.91. The fourth-order valence-corrected chi connectivity index (χ4v) is 0.997. The zero-order valence-electron chi connectivity index (χ0n) is 9.36. The van der Waals surface area contributed by atoms with Crippen LogP contribution in [0.15, 0.2) is 29.4 Å². The van der Waals surface area contributed by atoms with Crippen molar-refractivity contribution in [3.8, 4) is 0 Å². The maximum atomic E-state index is 12.2. The molecule has 0 N–H and O–H groups in total. The molecule has 1 atom stereocenters. The lowest BCUT2D eigenvalue weighted by Crippen LogP contribution is -2.01. The van der Waals surface area contributed by atoms with Crippen molar-refractivity contribution in [2.75, 3.05) is 0 Å². The van der Waals surface area contributed by atoms with Gasteiger partial charge in [0, 0.05) is 5.56 Å². The van der Waals surface area contributed by atoms with E-state index >= 15 is 0 Å². The predicted octanol–water partition coefficient (Wildman–Crippen LogP) is 3.77. The average Bonchev–Trinajstić information content (AvgIpc) is 2.29. The standard InChI is InChI=1S/C12H15F2NO/c1-3-9(2)16-15-8-10-4-6-11(7-5-10)12(13)14/h4-9,12H,3H2,1-2H3. The Hall–Kier alpha value is -1.45. The summed E-state index contributed by atoms with van der Waals surface area (Å²) in [7, 11) is 0. The Balaban J connectivity index is 2.55. The van der Waals surface area contributed by atoms with Gasteiger partial charge in [-0.05, 0) is 18.9 Å². The first-order chi connectivity index (χ1) is 7.63. The molecule has 0 bridgehead atoms. The summed E-state index contributed by atoms with van der Waals surface area (Å²) in [5.74, 6) is 0. The highest BCUT2D eigenvalue weighted by atomic mass is 19.3. The van der Waals surface area contributed by atoms with Crippen LogP contribution in [0.3, 0.4) is 0 Å². The Bertz CT molecular complexity index is 335. The molecule has 0 aromatic heterocycles. The van der Waals surface area contributed by atoms with Gasteiger partial charge in [0.2, 0.25) is 0 Å². The number of benzene rings is 1. The molecule has 1 aromatic carbocycles. The third-order valence-electron chi connectivity index (χ3n) is 2.21. The predicted molar refractivity (Wildman–Crippen MR) is 59.8 cm³/mol. The summed E-state index contributed by atoms with van der Waals surface area (Å²) in [5, 5.41) is 3.77. The molecule has 1 aromatic rings. The lowest BCUT2D eigenvalue weighted by Gasteiger charge is -2.04. The zero-order valence-corrected chi connectivity index (χ0v) is 9.36. The minimum atomic E-state index is -2.43. The molecule has 16 heavy (non-hydrogen) atoms. The van der Waals surface area contributed by atoms with E-state index in [1.165, 1.54) is 18.3 Å². The van der Waals surface area contributed by atoms with E-state index in [0.717, 1.165) is 12.0 Å². The number of oxime groups is 1. The minimum Gasteiger partial charge on any atom is -0.393 e. The third-order valence-corrected chi connectivity index (χ3v) is 2.21. The highest BCUT2D eigenvalue weighted by molar-refractivity contribution is 5.79. The quantitative estimate of drug-likeness (QED) is 0.554. The van der Waals surface area contributed by atoms with E-state index in [1.54, 1.807) is 12.1 Å². The molecule has 0 aliphatic heterocycles. The first-order valence-electron chi connectivity index (χ1n) is 5.20. The van der Waals surface area contributed by atoms with Gasteiger partial charge in [-0.25, -0.2) is 8.78 Å². The van der Waals surface area contributed by atoms with Crippen molar-refractivity contribution in [1.29, 1.82) is 0 Å². The molecule has 0 saturated heterocycles. The van der Waals surface area contributed by atoms with Crippen molar-refractivity contribution in [2.45, 2.75) is 32.8 Å². The Kier molecular flexibility index (Phi) is 4.89. The summed E-state index contributed by atoms with van der Waals surface area (Å²) < 4.78 is 24.5. The van der Waals surface area contributed by atoms with Crippen molar-refractivity contribution in [3.63, 3.8) is 0 Å². The van der Waals surface area contributed by atoms with Crippen molar-refractivity contribution in [3.05, 3.63) is 35.4 Å². The maximum absolute atomic E-state index is 12.2. The van der Waals surface area contributed by atoms with Crippen LogP contribution in [0.4, 0.5) is 8.78 Å². The molecule has 0 aliphatic rings. The van der Waals surface area contributed by atoms with Crippen molar-refractivity contribution < 1.29 is 13.6 Å². The molecule has 1 rings (SSSR count). The van der Waals surface area contributed by atoms with Gasteiger partial charge in [-0.2, -0.15) is 0 Å². The second kappa shape index (κ2) is 6.20. The first-order valence-corrected chi connectivity index (χ1v) is 5.20. The van der Waals surface area contributed by atoms with Crippen LogP contribution < -0.4 is 0 Å². The van der Waals surface area contributed by atoms with E-state index in [0.29, 0.717) is 0 Å². The molecule has 0 spiro atoms. The largest absolute Gasteiger partial charge is 0.393 e. The van der Waals surface area contributed by atoms with E-state index in [-0.39, 0.29) is 11.7 Å². The van der Waals surface area contributed by atoms with Crippen molar-refractivity contribution in [1.82, 2.24) is 0 Å². The van der Waals surface area contributed by atoms with Gasteiger partial charge in [-0.15, -0.1) is 0 Å². The molecule has 4 heteroatoms. The second-order valence-corrected chi connectivity index (χ2v) is 3.53. The molecule has 0 radical (unpaired) electrons. The fourth-order valence-electron chi connectivity index (χ4n) is 0.997. The van der Waals surface area contributed by atoms with Gasteiger partial charge in [0.25, 0.3) is 6.43 Å². The van der Waals surface area contributed by atoms with Gasteiger partial charge < -0.3 is 4.84 Å². The van der Waals surface area contributed by atoms with E-state index in [9.17, 15) is 8.78 Å². The van der Waals surface area contributed by atoms with Crippen LogP contribution in [0.1, 0.15) is 37.8 Å². The number of nitrogens with zero attached hydrogens (tertiary/aromatic N) is 1. The molecular formula is C12H15F2NO. The number of rotatable bonds is 5. The SMILES string of the molecule is CCC(C)ON=Cc1ccc(C(F)F)cc1.